The van der Waals surface area contributed by atoms with Crippen LogP contribution < -0.4 is 0 Å². The molecule has 0 amide bonds. The van der Waals surface area contributed by atoms with Crippen LogP contribution in [0.25, 0.3) is 68.4 Å². The number of hydrogen-bond donors (Lipinski definition) is 0. The fourth-order valence-electron chi connectivity index (χ4n) is 4.07. The molecule has 0 unspecified atom stereocenters. The summed E-state index contributed by atoms with van der Waals surface area (Å²) in [6.07, 6.45) is 0. The van der Waals surface area contributed by atoms with Gasteiger partial charge in [-0.15, -0.1) is 68.0 Å². The van der Waals surface area contributed by atoms with Crippen LogP contribution in [0.2, 0.25) is 0 Å². The van der Waals surface area contributed by atoms with Gasteiger partial charge in [-0.1, -0.05) is 34.8 Å². The smallest absolute Gasteiger partial charge is 0.155 e. The Bertz CT molecular complexity index is 1950. The van der Waals surface area contributed by atoms with Crippen molar-refractivity contribution in [1.82, 2.24) is 9.97 Å². The molecule has 8 aromatic rings. The lowest BCUT2D eigenvalue weighted by atomic mass is 10.3. The van der Waals surface area contributed by atoms with Gasteiger partial charge in [0.15, 0.2) is 9.66 Å². The van der Waals surface area contributed by atoms with E-state index in [9.17, 15) is 0 Å². The number of aromatic nitrogens is 2. The lowest BCUT2D eigenvalue weighted by Crippen LogP contribution is -1.67. The largest absolute Gasteiger partial charge is 0.222 e. The second-order valence-electron chi connectivity index (χ2n) is 8.26. The molecule has 0 saturated heterocycles. The molecular weight excluding hydrogens is 621 g/mol. The van der Waals surface area contributed by atoms with Crippen molar-refractivity contribution in [2.75, 3.05) is 0 Å². The van der Waals surface area contributed by atoms with Gasteiger partial charge in [0, 0.05) is 39.0 Å². The van der Waals surface area contributed by atoms with Crippen LogP contribution >= 0.6 is 90.7 Å². The van der Waals surface area contributed by atoms with E-state index in [-0.39, 0.29) is 0 Å². The lowest BCUT2D eigenvalue weighted by molar-refractivity contribution is 1.51. The average molecular weight is 635 g/mol. The molecule has 8 aromatic heterocycles. The number of hydrogen-bond acceptors (Lipinski definition) is 10. The second kappa shape index (κ2) is 9.72. The molecule has 0 atom stereocenters. The Morgan fingerprint density at radius 2 is 0.711 bits per heavy atom. The van der Waals surface area contributed by atoms with E-state index in [1.165, 1.54) is 48.8 Å². The Hall–Kier alpha value is -2.28. The van der Waals surface area contributed by atoms with Crippen LogP contribution in [0.1, 0.15) is 0 Å². The van der Waals surface area contributed by atoms with Gasteiger partial charge in [0.1, 0.15) is 10.0 Å². The van der Waals surface area contributed by atoms with E-state index in [1.807, 2.05) is 45.3 Å². The van der Waals surface area contributed by atoms with E-state index >= 15 is 0 Å². The molecule has 2 nitrogen and oxygen atoms in total. The third kappa shape index (κ3) is 4.29. The van der Waals surface area contributed by atoms with Crippen LogP contribution in [0.15, 0.2) is 83.6 Å². The van der Waals surface area contributed by atoms with Gasteiger partial charge in [-0.05, 0) is 71.4 Å². The molecule has 0 N–H and O–H groups in total. The highest BCUT2D eigenvalue weighted by molar-refractivity contribution is 7.33. The average Bonchev–Trinajstić information content (AvgIpc) is 3.79. The van der Waals surface area contributed by atoms with E-state index in [0.29, 0.717) is 0 Å². The minimum absolute atomic E-state index is 1.03. The Kier molecular flexibility index (Phi) is 6.04. The van der Waals surface area contributed by atoms with Crippen LogP contribution in [-0.4, -0.2) is 9.97 Å². The van der Waals surface area contributed by atoms with Crippen molar-refractivity contribution in [2.45, 2.75) is 0 Å². The quantitative estimate of drug-likeness (QED) is 0.182. The normalized spacial score (nSPS) is 11.7. The van der Waals surface area contributed by atoms with Crippen LogP contribution in [0, 0.1) is 0 Å². The number of fused-ring (bicyclic) bond motifs is 1. The first-order valence-corrected chi connectivity index (χ1v) is 18.2. The summed E-state index contributed by atoms with van der Waals surface area (Å²) in [6.45, 7) is 0. The molecule has 0 aliphatic carbocycles. The minimum Gasteiger partial charge on any atom is -0.222 e. The monoisotopic (exact) mass is 634 g/mol. The fourth-order valence-corrected chi connectivity index (χ4v) is 12.1. The number of rotatable bonds is 6. The molecule has 0 bridgehead atoms. The summed E-state index contributed by atoms with van der Waals surface area (Å²) in [4.78, 5) is 24.8. The van der Waals surface area contributed by atoms with Gasteiger partial charge in [0.25, 0.3) is 0 Å². The summed E-state index contributed by atoms with van der Waals surface area (Å²) in [5, 5.41) is 6.36. The van der Waals surface area contributed by atoms with Gasteiger partial charge in [-0.3, -0.25) is 0 Å². The molecule has 8 rings (SSSR count). The zero-order chi connectivity index (χ0) is 25.1. The summed E-state index contributed by atoms with van der Waals surface area (Å²) < 4.78 is 0. The summed E-state index contributed by atoms with van der Waals surface area (Å²) in [7, 11) is 0. The lowest BCUT2D eigenvalue weighted by Gasteiger charge is -1.92. The molecule has 0 aromatic carbocycles. The summed E-state index contributed by atoms with van der Waals surface area (Å²) in [5.74, 6) is 0. The molecule has 8 heterocycles. The summed E-state index contributed by atoms with van der Waals surface area (Å²) in [5.41, 5.74) is 0. The highest BCUT2D eigenvalue weighted by atomic mass is 32.1. The minimum atomic E-state index is 1.03. The van der Waals surface area contributed by atoms with Crippen molar-refractivity contribution in [3.05, 3.63) is 83.6 Å². The number of thiophene rings is 6. The second-order valence-corrected chi connectivity index (χ2v) is 16.4. The van der Waals surface area contributed by atoms with Crippen LogP contribution in [0.4, 0.5) is 0 Å². The third-order valence-corrected chi connectivity index (χ3v) is 15.1. The van der Waals surface area contributed by atoms with Crippen LogP contribution in [-0.2, 0) is 0 Å². The Morgan fingerprint density at radius 1 is 0.342 bits per heavy atom. The van der Waals surface area contributed by atoms with E-state index < -0.39 is 0 Å². The molecule has 0 fully saturated rings. The molecule has 0 aliphatic heterocycles. The van der Waals surface area contributed by atoms with Gasteiger partial charge in [0.2, 0.25) is 0 Å². The highest BCUT2D eigenvalue weighted by Crippen LogP contribution is 2.46. The van der Waals surface area contributed by atoms with E-state index in [2.05, 4.69) is 83.6 Å². The topological polar surface area (TPSA) is 25.8 Å². The van der Waals surface area contributed by atoms with Crippen LogP contribution in [0.5, 0.6) is 0 Å². The van der Waals surface area contributed by atoms with E-state index in [4.69, 9.17) is 9.97 Å². The van der Waals surface area contributed by atoms with Gasteiger partial charge < -0.3 is 0 Å². The van der Waals surface area contributed by atoms with Gasteiger partial charge in [-0.2, -0.15) is 0 Å². The predicted molar refractivity (Wildman–Crippen MR) is 175 cm³/mol. The maximum absolute atomic E-state index is 4.92. The molecule has 184 valence electrons. The number of thiazole rings is 2. The maximum Gasteiger partial charge on any atom is 0.155 e. The van der Waals surface area contributed by atoms with Crippen molar-refractivity contribution >= 4 is 100 Å². The third-order valence-electron chi connectivity index (χ3n) is 5.84. The molecular formula is C28H14N2S8. The van der Waals surface area contributed by atoms with E-state index in [1.54, 1.807) is 45.3 Å². The van der Waals surface area contributed by atoms with Gasteiger partial charge >= 0.3 is 0 Å². The molecule has 38 heavy (non-hydrogen) atoms. The van der Waals surface area contributed by atoms with Crippen LogP contribution in [0.3, 0.4) is 0 Å². The Balaban J connectivity index is 1.03. The Labute approximate surface area is 250 Å². The molecule has 0 aliphatic rings. The predicted octanol–water partition coefficient (Wildman–Crippen LogP) is 12.1. The van der Waals surface area contributed by atoms with Crippen molar-refractivity contribution in [3.8, 4) is 58.8 Å². The first-order chi connectivity index (χ1) is 18.8. The first kappa shape index (κ1) is 23.6. The fraction of sp³-hybridized carbons (Fsp3) is 0. The number of nitrogens with zero attached hydrogens (tertiary/aromatic N) is 2. The van der Waals surface area contributed by atoms with E-state index in [0.717, 1.165) is 19.7 Å². The summed E-state index contributed by atoms with van der Waals surface area (Å²) >= 11 is 14.3. The first-order valence-electron chi connectivity index (χ1n) is 11.5. The van der Waals surface area contributed by atoms with Gasteiger partial charge in [-0.25, -0.2) is 9.97 Å². The van der Waals surface area contributed by atoms with Crippen molar-refractivity contribution in [1.29, 1.82) is 0 Å². The molecule has 0 radical (unpaired) electrons. The van der Waals surface area contributed by atoms with Gasteiger partial charge in [0.05, 0.1) is 9.75 Å². The highest BCUT2D eigenvalue weighted by Gasteiger charge is 2.16. The standard InChI is InChI=1S/C28H14N2S8/c1-3-15(31-13-1)16-5-6-17(33-16)18-7-8-19(34-18)20-9-10-21(35-20)22-11-12-24(36-22)26-30-28-27(38-26)29-25(37-28)23-4-2-14-32-23/h1-14H. The molecule has 10 heteroatoms. The Morgan fingerprint density at radius 3 is 1.16 bits per heavy atom. The van der Waals surface area contributed by atoms with Crippen molar-refractivity contribution in [3.63, 3.8) is 0 Å². The summed E-state index contributed by atoms with van der Waals surface area (Å²) in [6, 6.07) is 26.5. The maximum atomic E-state index is 4.92. The molecule has 0 spiro atoms. The molecule has 0 saturated carbocycles. The van der Waals surface area contributed by atoms with Crippen molar-refractivity contribution < 1.29 is 0 Å². The zero-order valence-electron chi connectivity index (χ0n) is 19.2. The zero-order valence-corrected chi connectivity index (χ0v) is 25.8. The SMILES string of the molecule is c1csc(-c2ccc(-c3ccc(-c4ccc(-c5ccc(-c6nc7sc(-c8cccs8)nc7s6)s5)s4)s3)s2)c1. The van der Waals surface area contributed by atoms with Crippen molar-refractivity contribution in [2.24, 2.45) is 0 Å².